The number of carbonyl (C=O) groups excluding carboxylic acids is 2. The van der Waals surface area contributed by atoms with E-state index >= 15 is 0 Å². The fraction of sp³-hybridized carbons (Fsp3) is 0.500. The Kier molecular flexibility index (Phi) is 5.63. The van der Waals surface area contributed by atoms with Crippen LogP contribution in [0.15, 0.2) is 12.1 Å². The molecule has 0 spiro atoms. The van der Waals surface area contributed by atoms with Gasteiger partial charge in [-0.15, -0.1) is 0 Å². The summed E-state index contributed by atoms with van der Waals surface area (Å²) < 4.78 is 4.81. The zero-order chi connectivity index (χ0) is 15.3. The van der Waals surface area contributed by atoms with Crippen LogP contribution in [0.25, 0.3) is 0 Å². The smallest absolute Gasteiger partial charge is 0.325 e. The Labute approximate surface area is 120 Å². The molecule has 1 heterocycles. The van der Waals surface area contributed by atoms with Gasteiger partial charge in [-0.2, -0.15) is 0 Å². The number of amides is 1. The standard InChI is InChI=1S/C12H16N2O5S/c1-4-19-11(15)7-13(8(2)3)12(16)9-5-6-10(20-9)14(17)18/h5-6,8H,4,7H2,1-3H3. The highest BCUT2D eigenvalue weighted by molar-refractivity contribution is 7.17. The number of ether oxygens (including phenoxy) is 1. The highest BCUT2D eigenvalue weighted by Crippen LogP contribution is 2.25. The van der Waals surface area contributed by atoms with Gasteiger partial charge in [0.25, 0.3) is 5.91 Å². The minimum absolute atomic E-state index is 0.104. The average molecular weight is 300 g/mol. The highest BCUT2D eigenvalue weighted by atomic mass is 32.1. The molecule has 0 aliphatic rings. The van der Waals surface area contributed by atoms with E-state index in [0.29, 0.717) is 0 Å². The van der Waals surface area contributed by atoms with Crippen LogP contribution in [-0.2, 0) is 9.53 Å². The van der Waals surface area contributed by atoms with E-state index in [4.69, 9.17) is 4.74 Å². The van der Waals surface area contributed by atoms with Crippen molar-refractivity contribution in [2.75, 3.05) is 13.2 Å². The van der Waals surface area contributed by atoms with Gasteiger partial charge in [0.05, 0.1) is 16.4 Å². The molecule has 0 saturated heterocycles. The van der Waals surface area contributed by atoms with Gasteiger partial charge in [0.1, 0.15) is 6.54 Å². The molecule has 0 bridgehead atoms. The Morgan fingerprint density at radius 3 is 2.55 bits per heavy atom. The fourth-order valence-electron chi connectivity index (χ4n) is 1.52. The molecule has 0 aliphatic carbocycles. The molecule has 0 fully saturated rings. The first-order valence-corrected chi connectivity index (χ1v) is 6.89. The molecule has 1 rings (SSSR count). The van der Waals surface area contributed by atoms with E-state index in [1.54, 1.807) is 20.8 Å². The maximum absolute atomic E-state index is 12.3. The minimum Gasteiger partial charge on any atom is -0.465 e. The third kappa shape index (κ3) is 4.02. The number of thiophene rings is 1. The molecule has 110 valence electrons. The number of esters is 1. The predicted octanol–water partition coefficient (Wildman–Crippen LogP) is 2.07. The maximum Gasteiger partial charge on any atom is 0.325 e. The number of hydrogen-bond donors (Lipinski definition) is 0. The maximum atomic E-state index is 12.3. The van der Waals surface area contributed by atoms with Crippen molar-refractivity contribution >= 4 is 28.2 Å². The van der Waals surface area contributed by atoms with E-state index in [9.17, 15) is 19.7 Å². The Balaban J connectivity index is 2.87. The third-order valence-electron chi connectivity index (χ3n) is 2.47. The predicted molar refractivity (Wildman–Crippen MR) is 73.8 cm³/mol. The van der Waals surface area contributed by atoms with Crippen LogP contribution in [0.4, 0.5) is 5.00 Å². The average Bonchev–Trinajstić information content (AvgIpc) is 2.84. The Morgan fingerprint density at radius 1 is 1.45 bits per heavy atom. The summed E-state index contributed by atoms with van der Waals surface area (Å²) in [5.74, 6) is -0.910. The molecule has 0 unspecified atom stereocenters. The summed E-state index contributed by atoms with van der Waals surface area (Å²) in [7, 11) is 0. The molecule has 0 radical (unpaired) electrons. The number of hydrogen-bond acceptors (Lipinski definition) is 6. The van der Waals surface area contributed by atoms with E-state index in [-0.39, 0.29) is 29.1 Å². The summed E-state index contributed by atoms with van der Waals surface area (Å²) >= 11 is 0.793. The second-order valence-electron chi connectivity index (χ2n) is 4.23. The monoisotopic (exact) mass is 300 g/mol. The van der Waals surface area contributed by atoms with Crippen molar-refractivity contribution in [1.82, 2.24) is 4.90 Å². The van der Waals surface area contributed by atoms with E-state index in [1.165, 1.54) is 17.0 Å². The Hall–Kier alpha value is -1.96. The SMILES string of the molecule is CCOC(=O)CN(C(=O)c1ccc([N+](=O)[O-])s1)C(C)C. The van der Waals surface area contributed by atoms with Gasteiger partial charge in [-0.3, -0.25) is 19.7 Å². The lowest BCUT2D eigenvalue weighted by molar-refractivity contribution is -0.380. The summed E-state index contributed by atoms with van der Waals surface area (Å²) in [6.07, 6.45) is 0. The van der Waals surface area contributed by atoms with Crippen LogP contribution < -0.4 is 0 Å². The summed E-state index contributed by atoms with van der Waals surface area (Å²) in [5.41, 5.74) is 0. The lowest BCUT2D eigenvalue weighted by atomic mass is 10.3. The molecule has 0 saturated carbocycles. The molecule has 20 heavy (non-hydrogen) atoms. The number of nitrogens with zero attached hydrogens (tertiary/aromatic N) is 2. The molecule has 8 heteroatoms. The Bertz CT molecular complexity index is 512. The van der Waals surface area contributed by atoms with Crippen LogP contribution in [0, 0.1) is 10.1 Å². The largest absolute Gasteiger partial charge is 0.465 e. The van der Waals surface area contributed by atoms with Crippen LogP contribution in [0.5, 0.6) is 0 Å². The molecule has 0 aliphatic heterocycles. The molecule has 7 nitrogen and oxygen atoms in total. The number of carbonyl (C=O) groups is 2. The van der Waals surface area contributed by atoms with Crippen molar-refractivity contribution in [2.24, 2.45) is 0 Å². The van der Waals surface area contributed by atoms with E-state index < -0.39 is 16.8 Å². The van der Waals surface area contributed by atoms with Crippen molar-refractivity contribution in [2.45, 2.75) is 26.8 Å². The van der Waals surface area contributed by atoms with Crippen LogP contribution in [-0.4, -0.2) is 40.9 Å². The van der Waals surface area contributed by atoms with Crippen LogP contribution >= 0.6 is 11.3 Å². The Morgan fingerprint density at radius 2 is 2.10 bits per heavy atom. The first-order valence-electron chi connectivity index (χ1n) is 6.07. The van der Waals surface area contributed by atoms with Gasteiger partial charge in [0, 0.05) is 12.1 Å². The van der Waals surface area contributed by atoms with Gasteiger partial charge in [-0.05, 0) is 26.8 Å². The zero-order valence-corrected chi connectivity index (χ0v) is 12.3. The van der Waals surface area contributed by atoms with Gasteiger partial charge in [-0.25, -0.2) is 0 Å². The topological polar surface area (TPSA) is 89.8 Å². The summed E-state index contributed by atoms with van der Waals surface area (Å²) in [6.45, 7) is 5.28. The first kappa shape index (κ1) is 16.1. The molecule has 1 aromatic heterocycles. The van der Waals surface area contributed by atoms with E-state index in [2.05, 4.69) is 0 Å². The highest BCUT2D eigenvalue weighted by Gasteiger charge is 2.25. The number of rotatable bonds is 6. The van der Waals surface area contributed by atoms with Gasteiger partial charge < -0.3 is 9.64 Å². The third-order valence-corrected chi connectivity index (χ3v) is 3.50. The molecular weight excluding hydrogens is 284 g/mol. The van der Waals surface area contributed by atoms with Gasteiger partial charge in [0.2, 0.25) is 0 Å². The van der Waals surface area contributed by atoms with Crippen LogP contribution in [0.1, 0.15) is 30.4 Å². The summed E-state index contributed by atoms with van der Waals surface area (Å²) in [5, 5.41) is 10.5. The second kappa shape index (κ2) is 6.99. The molecule has 0 aromatic carbocycles. The summed E-state index contributed by atoms with van der Waals surface area (Å²) in [4.78, 5) is 35.4. The quantitative estimate of drug-likeness (QED) is 0.456. The fourth-order valence-corrected chi connectivity index (χ4v) is 2.29. The van der Waals surface area contributed by atoms with Crippen molar-refractivity contribution < 1.29 is 19.2 Å². The normalized spacial score (nSPS) is 10.4. The zero-order valence-electron chi connectivity index (χ0n) is 11.5. The van der Waals surface area contributed by atoms with E-state index in [1.807, 2.05) is 0 Å². The van der Waals surface area contributed by atoms with E-state index in [0.717, 1.165) is 11.3 Å². The van der Waals surface area contributed by atoms with Crippen molar-refractivity contribution in [3.8, 4) is 0 Å². The lowest BCUT2D eigenvalue weighted by Crippen LogP contribution is -2.41. The molecule has 0 atom stereocenters. The van der Waals surface area contributed by atoms with Gasteiger partial charge in [-0.1, -0.05) is 11.3 Å². The molecule has 1 aromatic rings. The van der Waals surface area contributed by atoms with Crippen molar-refractivity contribution in [1.29, 1.82) is 0 Å². The second-order valence-corrected chi connectivity index (χ2v) is 5.29. The lowest BCUT2D eigenvalue weighted by Gasteiger charge is -2.24. The first-order chi connectivity index (χ1) is 9.36. The van der Waals surface area contributed by atoms with Crippen molar-refractivity contribution in [3.63, 3.8) is 0 Å². The number of nitro groups is 1. The van der Waals surface area contributed by atoms with Gasteiger partial charge >= 0.3 is 11.0 Å². The van der Waals surface area contributed by atoms with Crippen molar-refractivity contribution in [3.05, 3.63) is 27.1 Å². The summed E-state index contributed by atoms with van der Waals surface area (Å²) in [6, 6.07) is 2.46. The molecule has 1 amide bonds. The molecular formula is C12H16N2O5S. The van der Waals surface area contributed by atoms with Crippen LogP contribution in [0.2, 0.25) is 0 Å². The van der Waals surface area contributed by atoms with Gasteiger partial charge in [0.15, 0.2) is 0 Å². The molecule has 0 N–H and O–H groups in total. The van der Waals surface area contributed by atoms with Crippen LogP contribution in [0.3, 0.4) is 0 Å². The minimum atomic E-state index is -0.549.